The molecule has 1 aliphatic carbocycles. The van der Waals surface area contributed by atoms with Crippen LogP contribution in [0, 0.1) is 5.92 Å². The van der Waals surface area contributed by atoms with Gasteiger partial charge in [-0.15, -0.1) is 0 Å². The normalized spacial score (nSPS) is 21.0. The van der Waals surface area contributed by atoms with Gasteiger partial charge in [0.1, 0.15) is 0 Å². The fraction of sp³-hybridized carbons (Fsp3) is 0.556. The van der Waals surface area contributed by atoms with Crippen molar-refractivity contribution in [1.29, 1.82) is 0 Å². The zero-order chi connectivity index (χ0) is 9.52. The van der Waals surface area contributed by atoms with Gasteiger partial charge in [0.05, 0.1) is 6.61 Å². The van der Waals surface area contributed by atoms with Crippen LogP contribution in [-0.2, 0) is 9.30 Å². The van der Waals surface area contributed by atoms with Crippen LogP contribution in [0.15, 0.2) is 23.5 Å². The molecule has 0 aliphatic heterocycles. The maximum absolute atomic E-state index is 10.6. The van der Waals surface area contributed by atoms with E-state index in [0.29, 0.717) is 19.6 Å². The summed E-state index contributed by atoms with van der Waals surface area (Å²) in [6.45, 7) is 1.27. The smallest absolute Gasteiger partial charge is 0.188 e. The summed E-state index contributed by atoms with van der Waals surface area (Å²) in [5, 5.41) is 9.36. The highest BCUT2D eigenvalue weighted by molar-refractivity contribution is 7.29. The highest BCUT2D eigenvalue weighted by Crippen LogP contribution is 2.28. The van der Waals surface area contributed by atoms with Crippen molar-refractivity contribution >= 4 is 8.46 Å². The molecule has 0 aromatic heterocycles. The third-order valence-electron chi connectivity index (χ3n) is 1.84. The molecule has 0 bridgehead atoms. The van der Waals surface area contributed by atoms with E-state index in [1.807, 2.05) is 18.2 Å². The van der Waals surface area contributed by atoms with Gasteiger partial charge in [0.25, 0.3) is 0 Å². The Kier molecular flexibility index (Phi) is 4.91. The van der Waals surface area contributed by atoms with Crippen LogP contribution in [0.2, 0.25) is 0 Å². The van der Waals surface area contributed by atoms with E-state index < -0.39 is 0 Å². The van der Waals surface area contributed by atoms with Crippen molar-refractivity contribution in [2.24, 2.45) is 5.92 Å². The molecule has 0 aromatic rings. The summed E-state index contributed by atoms with van der Waals surface area (Å²) < 4.78 is 15.9. The van der Waals surface area contributed by atoms with Gasteiger partial charge in [0, 0.05) is 24.4 Å². The Morgan fingerprint density at radius 2 is 2.46 bits per heavy atom. The van der Waals surface area contributed by atoms with Gasteiger partial charge in [0.15, 0.2) is 8.46 Å². The molecule has 1 atom stereocenters. The Morgan fingerprint density at radius 1 is 1.62 bits per heavy atom. The highest BCUT2D eigenvalue weighted by atomic mass is 31.1. The molecule has 0 amide bonds. The summed E-state index contributed by atoms with van der Waals surface area (Å²) >= 11 is 0. The summed E-state index contributed by atoms with van der Waals surface area (Å²) in [5.74, 6) is 0.151. The third kappa shape index (κ3) is 3.39. The van der Waals surface area contributed by atoms with Crippen molar-refractivity contribution in [2.45, 2.75) is 6.42 Å². The summed E-state index contributed by atoms with van der Waals surface area (Å²) in [6, 6.07) is 0. The Morgan fingerprint density at radius 3 is 3.15 bits per heavy atom. The fourth-order valence-corrected chi connectivity index (χ4v) is 1.57. The standard InChI is InChI=1S/C9H13O3P/c10-5-2-6-12-7-8-3-1-4-9(8)13-11/h1,3-4,8,10H,2,5-7H2/t8-/m1/s1. The van der Waals surface area contributed by atoms with Crippen molar-refractivity contribution in [3.05, 3.63) is 23.5 Å². The molecular weight excluding hydrogens is 187 g/mol. The molecule has 0 unspecified atom stereocenters. The van der Waals surface area contributed by atoms with E-state index in [9.17, 15) is 4.57 Å². The largest absolute Gasteiger partial charge is 0.396 e. The number of hydrogen-bond acceptors (Lipinski definition) is 3. The first kappa shape index (κ1) is 10.6. The van der Waals surface area contributed by atoms with E-state index >= 15 is 0 Å². The molecule has 72 valence electrons. The van der Waals surface area contributed by atoms with Gasteiger partial charge in [-0.2, -0.15) is 0 Å². The van der Waals surface area contributed by atoms with Gasteiger partial charge < -0.3 is 9.84 Å². The lowest BCUT2D eigenvalue weighted by Crippen LogP contribution is -2.07. The van der Waals surface area contributed by atoms with Gasteiger partial charge >= 0.3 is 0 Å². The first-order chi connectivity index (χ1) is 6.38. The number of aliphatic hydroxyl groups excluding tert-OH is 1. The highest BCUT2D eigenvalue weighted by Gasteiger charge is 2.14. The molecule has 0 heterocycles. The summed E-state index contributed by atoms with van der Waals surface area (Å²) in [7, 11) is 0.0733. The Hall–Kier alpha value is -0.500. The molecule has 3 nitrogen and oxygen atoms in total. The lowest BCUT2D eigenvalue weighted by molar-refractivity contribution is 0.106. The van der Waals surface area contributed by atoms with Gasteiger partial charge in [-0.05, 0) is 6.42 Å². The van der Waals surface area contributed by atoms with Gasteiger partial charge in [-0.1, -0.05) is 18.2 Å². The average molecular weight is 200 g/mol. The summed E-state index contributed by atoms with van der Waals surface area (Å²) in [5.41, 5.74) is 0. The lowest BCUT2D eigenvalue weighted by atomic mass is 10.2. The Bertz CT molecular complexity index is 223. The second-order valence-electron chi connectivity index (χ2n) is 2.83. The maximum Gasteiger partial charge on any atom is 0.188 e. The number of allylic oxidation sites excluding steroid dienone is 2. The number of ether oxygens (including phenoxy) is 1. The zero-order valence-electron chi connectivity index (χ0n) is 7.35. The SMILES string of the molecule is O=PC1=CC=C[C@@H]1COCCCO. The van der Waals surface area contributed by atoms with Crippen LogP contribution in [0.25, 0.3) is 0 Å². The molecule has 0 fully saturated rings. The van der Waals surface area contributed by atoms with Crippen LogP contribution in [0.1, 0.15) is 6.42 Å². The van der Waals surface area contributed by atoms with Crippen molar-refractivity contribution in [3.8, 4) is 0 Å². The predicted octanol–water partition coefficient (Wildman–Crippen LogP) is 1.75. The Balaban J connectivity index is 2.18. The third-order valence-corrected chi connectivity index (χ3v) is 2.53. The summed E-state index contributed by atoms with van der Waals surface area (Å²) in [6.07, 6.45) is 6.36. The molecule has 4 heteroatoms. The molecule has 0 spiro atoms. The Labute approximate surface area is 79.3 Å². The van der Waals surface area contributed by atoms with Crippen molar-refractivity contribution in [2.75, 3.05) is 19.8 Å². The molecule has 1 rings (SSSR count). The second kappa shape index (κ2) is 6.03. The summed E-state index contributed by atoms with van der Waals surface area (Å²) in [4.78, 5) is 0. The molecule has 0 saturated carbocycles. The monoisotopic (exact) mass is 200 g/mol. The molecule has 13 heavy (non-hydrogen) atoms. The van der Waals surface area contributed by atoms with Crippen LogP contribution in [0.3, 0.4) is 0 Å². The molecule has 1 aliphatic rings. The molecule has 0 saturated heterocycles. The number of rotatable bonds is 6. The molecule has 0 aromatic carbocycles. The van der Waals surface area contributed by atoms with E-state index in [-0.39, 0.29) is 21.0 Å². The van der Waals surface area contributed by atoms with E-state index in [2.05, 4.69) is 0 Å². The van der Waals surface area contributed by atoms with E-state index in [0.717, 1.165) is 5.31 Å². The predicted molar refractivity (Wildman–Crippen MR) is 50.8 cm³/mol. The van der Waals surface area contributed by atoms with Crippen LogP contribution < -0.4 is 0 Å². The van der Waals surface area contributed by atoms with Crippen molar-refractivity contribution in [3.63, 3.8) is 0 Å². The van der Waals surface area contributed by atoms with E-state index in [1.165, 1.54) is 0 Å². The molecule has 1 N–H and O–H groups in total. The maximum atomic E-state index is 10.6. The second-order valence-corrected chi connectivity index (χ2v) is 3.53. The molecule has 0 radical (unpaired) electrons. The molecular formula is C9H13O3P. The minimum Gasteiger partial charge on any atom is -0.396 e. The fourth-order valence-electron chi connectivity index (χ4n) is 1.13. The lowest BCUT2D eigenvalue weighted by Gasteiger charge is -2.08. The van der Waals surface area contributed by atoms with Crippen molar-refractivity contribution < 1.29 is 14.4 Å². The van der Waals surface area contributed by atoms with Crippen LogP contribution >= 0.6 is 8.46 Å². The van der Waals surface area contributed by atoms with Crippen molar-refractivity contribution in [1.82, 2.24) is 0 Å². The van der Waals surface area contributed by atoms with E-state index in [1.54, 1.807) is 0 Å². The zero-order valence-corrected chi connectivity index (χ0v) is 8.24. The topological polar surface area (TPSA) is 46.5 Å². The first-order valence-corrected chi connectivity index (χ1v) is 5.10. The first-order valence-electron chi connectivity index (χ1n) is 4.29. The van der Waals surface area contributed by atoms with Gasteiger partial charge in [-0.25, -0.2) is 0 Å². The number of aliphatic hydroxyl groups is 1. The quantitative estimate of drug-likeness (QED) is 0.524. The van der Waals surface area contributed by atoms with Crippen LogP contribution in [0.4, 0.5) is 0 Å². The van der Waals surface area contributed by atoms with Gasteiger partial charge in [0.2, 0.25) is 0 Å². The van der Waals surface area contributed by atoms with E-state index in [4.69, 9.17) is 9.84 Å². The number of hydrogen-bond donors (Lipinski definition) is 1. The average Bonchev–Trinajstić information content (AvgIpc) is 2.60. The minimum atomic E-state index is 0.0733. The van der Waals surface area contributed by atoms with Gasteiger partial charge in [-0.3, -0.25) is 4.57 Å². The van der Waals surface area contributed by atoms with Crippen LogP contribution in [0.5, 0.6) is 0 Å². The van der Waals surface area contributed by atoms with Crippen LogP contribution in [-0.4, -0.2) is 24.9 Å². The minimum absolute atomic E-state index is 0.0733.